The molecule has 118 valence electrons. The molecule has 6 nitrogen and oxygen atoms in total. The van der Waals surface area contributed by atoms with E-state index >= 15 is 0 Å². The molecule has 1 N–H and O–H groups in total. The topological polar surface area (TPSA) is 73.0 Å². The number of anilines is 1. The molecule has 0 saturated heterocycles. The van der Waals surface area contributed by atoms with Crippen LogP contribution in [0.2, 0.25) is 0 Å². The first-order chi connectivity index (χ1) is 11.7. The summed E-state index contributed by atoms with van der Waals surface area (Å²) in [6, 6.07) is 12.7. The van der Waals surface area contributed by atoms with Gasteiger partial charge >= 0.3 is 0 Å². The summed E-state index contributed by atoms with van der Waals surface area (Å²) in [5.74, 6) is -0.661. The summed E-state index contributed by atoms with van der Waals surface area (Å²) in [6.07, 6.45) is 3.30. The van der Waals surface area contributed by atoms with Gasteiger partial charge in [0, 0.05) is 17.6 Å². The van der Waals surface area contributed by atoms with E-state index in [2.05, 4.69) is 15.4 Å². The third kappa shape index (κ3) is 2.41. The summed E-state index contributed by atoms with van der Waals surface area (Å²) < 4.78 is 20.6. The van der Waals surface area contributed by atoms with Crippen LogP contribution in [-0.4, -0.2) is 20.7 Å². The normalized spacial score (nSPS) is 10.9. The monoisotopic (exact) mass is 322 g/mol. The van der Waals surface area contributed by atoms with Gasteiger partial charge in [-0.05, 0) is 30.3 Å². The molecule has 0 aliphatic heterocycles. The molecular formula is C17H11FN4O2. The van der Waals surface area contributed by atoms with Crippen molar-refractivity contribution in [2.24, 2.45) is 0 Å². The van der Waals surface area contributed by atoms with Crippen LogP contribution in [0.4, 0.5) is 10.1 Å². The van der Waals surface area contributed by atoms with Crippen LogP contribution in [0.5, 0.6) is 0 Å². The number of nitrogens with one attached hydrogen (secondary N) is 1. The van der Waals surface area contributed by atoms with Crippen LogP contribution in [0.15, 0.2) is 65.3 Å². The molecule has 24 heavy (non-hydrogen) atoms. The minimum absolute atomic E-state index is 0.0489. The van der Waals surface area contributed by atoms with Crippen LogP contribution in [0.3, 0.4) is 0 Å². The maximum absolute atomic E-state index is 13.6. The Bertz CT molecular complexity index is 1040. The lowest BCUT2D eigenvalue weighted by atomic mass is 10.3. The predicted molar refractivity (Wildman–Crippen MR) is 85.5 cm³/mol. The highest BCUT2D eigenvalue weighted by molar-refractivity contribution is 6.02. The Labute approximate surface area is 135 Å². The zero-order valence-corrected chi connectivity index (χ0v) is 12.3. The first-order valence-electron chi connectivity index (χ1n) is 7.17. The molecule has 3 aromatic heterocycles. The second-order valence-electron chi connectivity index (χ2n) is 5.04. The molecule has 0 aliphatic carbocycles. The molecule has 0 saturated carbocycles. The van der Waals surface area contributed by atoms with Crippen molar-refractivity contribution in [3.63, 3.8) is 0 Å². The summed E-state index contributed by atoms with van der Waals surface area (Å²) in [7, 11) is 0. The minimum Gasteiger partial charge on any atom is -0.433 e. The SMILES string of the molecule is O=C(Nc1ccccc1F)c1ccc(-n2ncc3cccnc32)o1. The van der Waals surface area contributed by atoms with E-state index < -0.39 is 11.7 Å². The fourth-order valence-electron chi connectivity index (χ4n) is 2.33. The number of pyridine rings is 1. The number of carbonyl (C=O) groups excluding carboxylic acids is 1. The van der Waals surface area contributed by atoms with Crippen molar-refractivity contribution in [3.8, 4) is 5.88 Å². The second-order valence-corrected chi connectivity index (χ2v) is 5.04. The quantitative estimate of drug-likeness (QED) is 0.627. The highest BCUT2D eigenvalue weighted by atomic mass is 19.1. The molecule has 1 amide bonds. The molecule has 0 bridgehead atoms. The van der Waals surface area contributed by atoms with Crippen LogP contribution in [-0.2, 0) is 0 Å². The number of rotatable bonds is 3. The number of para-hydroxylation sites is 1. The van der Waals surface area contributed by atoms with Crippen LogP contribution >= 0.6 is 0 Å². The van der Waals surface area contributed by atoms with Crippen LogP contribution in [0.1, 0.15) is 10.6 Å². The maximum Gasteiger partial charge on any atom is 0.291 e. The van der Waals surface area contributed by atoms with Crippen molar-refractivity contribution >= 4 is 22.6 Å². The van der Waals surface area contributed by atoms with Gasteiger partial charge in [-0.2, -0.15) is 9.78 Å². The van der Waals surface area contributed by atoms with Gasteiger partial charge in [-0.15, -0.1) is 0 Å². The Hall–Kier alpha value is -3.48. The van der Waals surface area contributed by atoms with Gasteiger partial charge in [0.1, 0.15) is 5.82 Å². The average molecular weight is 322 g/mol. The number of amides is 1. The lowest BCUT2D eigenvalue weighted by Crippen LogP contribution is -2.12. The number of fused-ring (bicyclic) bond motifs is 1. The molecular weight excluding hydrogens is 311 g/mol. The van der Waals surface area contributed by atoms with Crippen LogP contribution in [0.25, 0.3) is 16.9 Å². The zero-order valence-electron chi connectivity index (χ0n) is 12.3. The molecule has 0 atom stereocenters. The van der Waals surface area contributed by atoms with Gasteiger partial charge in [-0.25, -0.2) is 9.37 Å². The molecule has 0 aliphatic rings. The first kappa shape index (κ1) is 14.1. The lowest BCUT2D eigenvalue weighted by molar-refractivity contribution is 0.0995. The van der Waals surface area contributed by atoms with Gasteiger partial charge < -0.3 is 9.73 Å². The number of hydrogen-bond donors (Lipinski definition) is 1. The molecule has 0 fully saturated rings. The van der Waals surface area contributed by atoms with Crippen molar-refractivity contribution in [1.82, 2.24) is 14.8 Å². The Kier molecular flexibility index (Phi) is 3.31. The van der Waals surface area contributed by atoms with Crippen LogP contribution < -0.4 is 5.32 Å². The second kappa shape index (κ2) is 5.62. The Morgan fingerprint density at radius 3 is 2.88 bits per heavy atom. The Morgan fingerprint density at radius 2 is 2.00 bits per heavy atom. The number of aromatic nitrogens is 3. The Balaban J connectivity index is 1.63. The zero-order chi connectivity index (χ0) is 16.5. The van der Waals surface area contributed by atoms with Crippen molar-refractivity contribution in [1.29, 1.82) is 0 Å². The van der Waals surface area contributed by atoms with E-state index in [-0.39, 0.29) is 11.4 Å². The average Bonchev–Trinajstić information content (AvgIpc) is 3.23. The van der Waals surface area contributed by atoms with Crippen molar-refractivity contribution in [2.45, 2.75) is 0 Å². The van der Waals surface area contributed by atoms with Crippen molar-refractivity contribution < 1.29 is 13.6 Å². The molecule has 0 unspecified atom stereocenters. The number of carbonyl (C=O) groups is 1. The largest absolute Gasteiger partial charge is 0.433 e. The van der Waals surface area contributed by atoms with E-state index in [4.69, 9.17) is 4.42 Å². The number of nitrogens with zero attached hydrogens (tertiary/aromatic N) is 3. The summed E-state index contributed by atoms with van der Waals surface area (Å²) in [6.45, 7) is 0. The molecule has 4 rings (SSSR count). The van der Waals surface area contributed by atoms with E-state index in [9.17, 15) is 9.18 Å². The van der Waals surface area contributed by atoms with Gasteiger partial charge in [0.25, 0.3) is 5.91 Å². The number of benzene rings is 1. The molecule has 0 spiro atoms. The maximum atomic E-state index is 13.6. The molecule has 7 heteroatoms. The molecule has 1 aromatic carbocycles. The highest BCUT2D eigenvalue weighted by Crippen LogP contribution is 2.20. The highest BCUT2D eigenvalue weighted by Gasteiger charge is 2.15. The van der Waals surface area contributed by atoms with Gasteiger partial charge in [0.05, 0.1) is 11.9 Å². The number of halogens is 1. The van der Waals surface area contributed by atoms with Gasteiger partial charge in [-0.3, -0.25) is 4.79 Å². The van der Waals surface area contributed by atoms with E-state index in [1.54, 1.807) is 30.6 Å². The van der Waals surface area contributed by atoms with Gasteiger partial charge in [0.2, 0.25) is 5.88 Å². The van der Waals surface area contributed by atoms with E-state index in [1.807, 2.05) is 12.1 Å². The summed E-state index contributed by atoms with van der Waals surface area (Å²) in [5.41, 5.74) is 0.708. The van der Waals surface area contributed by atoms with E-state index in [1.165, 1.54) is 22.9 Å². The van der Waals surface area contributed by atoms with E-state index in [0.717, 1.165) is 5.39 Å². The van der Waals surface area contributed by atoms with Crippen molar-refractivity contribution in [3.05, 3.63) is 72.5 Å². The van der Waals surface area contributed by atoms with E-state index in [0.29, 0.717) is 11.5 Å². The standard InChI is InChI=1S/C17H11FN4O2/c18-12-5-1-2-6-13(12)21-17(23)14-7-8-15(24-14)22-16-11(10-20-22)4-3-9-19-16/h1-10H,(H,21,23). The summed E-state index contributed by atoms with van der Waals surface area (Å²) in [5, 5.41) is 7.53. The number of furan rings is 1. The lowest BCUT2D eigenvalue weighted by Gasteiger charge is -2.04. The van der Waals surface area contributed by atoms with Gasteiger partial charge in [0.15, 0.2) is 11.4 Å². The summed E-state index contributed by atoms with van der Waals surface area (Å²) >= 11 is 0. The Morgan fingerprint density at radius 1 is 1.12 bits per heavy atom. The molecule has 4 aromatic rings. The molecule has 0 radical (unpaired) electrons. The fourth-order valence-corrected chi connectivity index (χ4v) is 2.33. The number of hydrogen-bond acceptors (Lipinski definition) is 4. The predicted octanol–water partition coefficient (Wildman–Crippen LogP) is 3.40. The smallest absolute Gasteiger partial charge is 0.291 e. The third-order valence-corrected chi connectivity index (χ3v) is 3.48. The fraction of sp³-hybridized carbons (Fsp3) is 0. The first-order valence-corrected chi connectivity index (χ1v) is 7.17. The molecule has 3 heterocycles. The summed E-state index contributed by atoms with van der Waals surface area (Å²) in [4.78, 5) is 16.4. The van der Waals surface area contributed by atoms with Crippen molar-refractivity contribution in [2.75, 3.05) is 5.32 Å². The van der Waals surface area contributed by atoms with Gasteiger partial charge in [-0.1, -0.05) is 12.1 Å². The van der Waals surface area contributed by atoms with Crippen LogP contribution in [0, 0.1) is 5.82 Å². The third-order valence-electron chi connectivity index (χ3n) is 3.48. The minimum atomic E-state index is -0.546.